The molecule has 4 rings (SSSR count). The molecular weight excluding hydrogens is 380 g/mol. The van der Waals surface area contributed by atoms with Gasteiger partial charge in [-0.15, -0.1) is 0 Å². The number of hydrogen-bond donors (Lipinski definition) is 2. The Labute approximate surface area is 177 Å². The van der Waals surface area contributed by atoms with Gasteiger partial charge in [-0.1, -0.05) is 60.7 Å². The highest BCUT2D eigenvalue weighted by atomic mass is 16.6. The molecule has 1 aliphatic carbocycles. The molecule has 2 aromatic rings. The van der Waals surface area contributed by atoms with Crippen molar-refractivity contribution in [1.82, 2.24) is 0 Å². The summed E-state index contributed by atoms with van der Waals surface area (Å²) in [5.41, 5.74) is 1.70. The van der Waals surface area contributed by atoms with Crippen LogP contribution in [-0.4, -0.2) is 40.8 Å². The molecule has 158 valence electrons. The zero-order chi connectivity index (χ0) is 20.9. The Morgan fingerprint density at radius 3 is 2.53 bits per heavy atom. The maximum Gasteiger partial charge on any atom is 0.338 e. The van der Waals surface area contributed by atoms with Crippen molar-refractivity contribution >= 4 is 5.97 Å². The van der Waals surface area contributed by atoms with Gasteiger partial charge in [0.15, 0.2) is 6.29 Å². The third-order valence-corrected chi connectivity index (χ3v) is 6.07. The summed E-state index contributed by atoms with van der Waals surface area (Å²) in [4.78, 5) is 12.5. The zero-order valence-electron chi connectivity index (χ0n) is 16.8. The number of benzene rings is 2. The molecular formula is C25H28O5. The molecule has 5 nitrogen and oxygen atoms in total. The van der Waals surface area contributed by atoms with Crippen molar-refractivity contribution in [2.45, 2.75) is 50.3 Å². The second kappa shape index (κ2) is 9.56. The van der Waals surface area contributed by atoms with Crippen LogP contribution in [0.25, 0.3) is 0 Å². The Bertz CT molecular complexity index is 850. The van der Waals surface area contributed by atoms with Gasteiger partial charge in [0.25, 0.3) is 0 Å². The monoisotopic (exact) mass is 408 g/mol. The van der Waals surface area contributed by atoms with E-state index >= 15 is 0 Å². The van der Waals surface area contributed by atoms with Crippen LogP contribution in [0.4, 0.5) is 0 Å². The normalized spacial score (nSPS) is 29.1. The highest BCUT2D eigenvalue weighted by molar-refractivity contribution is 5.89. The first-order chi connectivity index (χ1) is 14.6. The van der Waals surface area contributed by atoms with Crippen LogP contribution in [0.15, 0.2) is 72.8 Å². The van der Waals surface area contributed by atoms with Gasteiger partial charge in [0.05, 0.1) is 17.8 Å². The number of ether oxygens (including phenoxy) is 2. The second-order valence-corrected chi connectivity index (χ2v) is 8.13. The molecule has 2 N–H and O–H groups in total. The number of aliphatic hydroxyl groups is 2. The molecule has 30 heavy (non-hydrogen) atoms. The molecule has 0 radical (unpaired) electrons. The predicted octanol–water partition coefficient (Wildman–Crippen LogP) is 3.51. The van der Waals surface area contributed by atoms with Crippen LogP contribution >= 0.6 is 0 Å². The van der Waals surface area contributed by atoms with Crippen LogP contribution in [0.5, 0.6) is 0 Å². The molecule has 0 spiro atoms. The first kappa shape index (κ1) is 20.8. The third-order valence-electron chi connectivity index (χ3n) is 6.07. The highest BCUT2D eigenvalue weighted by Crippen LogP contribution is 2.45. The average molecular weight is 408 g/mol. The Balaban J connectivity index is 1.40. The number of aliphatic hydroxyl groups excluding tert-OH is 2. The van der Waals surface area contributed by atoms with E-state index in [0.29, 0.717) is 24.8 Å². The molecule has 1 heterocycles. The summed E-state index contributed by atoms with van der Waals surface area (Å²) in [6.45, 7) is 0. The molecule has 1 aliphatic heterocycles. The van der Waals surface area contributed by atoms with Gasteiger partial charge in [0.2, 0.25) is 0 Å². The largest absolute Gasteiger partial charge is 0.458 e. The standard InChI is InChI=1S/C25H28O5/c26-19(12-11-17-7-3-1-4-8-17)13-14-20-21-15-24(27)29-23(21)16-22(20)30-25(28)18-9-5-2-6-10-18/h1-10,13-14,19-24,26-27H,11-12,15-16H2/b14-13+/t19-,20-,21-,22+,23+,24?/m0/s1. The summed E-state index contributed by atoms with van der Waals surface area (Å²) >= 11 is 0. The van der Waals surface area contributed by atoms with Crippen LogP contribution < -0.4 is 0 Å². The van der Waals surface area contributed by atoms with Crippen molar-refractivity contribution in [2.75, 3.05) is 0 Å². The molecule has 1 saturated heterocycles. The van der Waals surface area contributed by atoms with E-state index in [4.69, 9.17) is 9.47 Å². The summed E-state index contributed by atoms with van der Waals surface area (Å²) in [6.07, 6.45) is 4.39. The van der Waals surface area contributed by atoms with E-state index in [1.807, 2.05) is 42.5 Å². The summed E-state index contributed by atoms with van der Waals surface area (Å²) in [6, 6.07) is 19.0. The van der Waals surface area contributed by atoms with E-state index in [0.717, 1.165) is 6.42 Å². The van der Waals surface area contributed by atoms with Crippen molar-refractivity contribution in [1.29, 1.82) is 0 Å². The van der Waals surface area contributed by atoms with Gasteiger partial charge in [-0.2, -0.15) is 0 Å². The first-order valence-electron chi connectivity index (χ1n) is 10.6. The van der Waals surface area contributed by atoms with Crippen molar-refractivity contribution in [3.05, 3.63) is 83.9 Å². The minimum Gasteiger partial charge on any atom is -0.458 e. The maximum absolute atomic E-state index is 12.5. The lowest BCUT2D eigenvalue weighted by molar-refractivity contribution is -0.0955. The predicted molar refractivity (Wildman–Crippen MR) is 113 cm³/mol. The molecule has 0 bridgehead atoms. The fourth-order valence-corrected chi connectivity index (χ4v) is 4.53. The van der Waals surface area contributed by atoms with Gasteiger partial charge in [0.1, 0.15) is 6.10 Å². The Hall–Kier alpha value is -2.47. The van der Waals surface area contributed by atoms with Crippen molar-refractivity contribution < 1.29 is 24.5 Å². The molecule has 2 aromatic carbocycles. The Morgan fingerprint density at radius 2 is 1.80 bits per heavy atom. The minimum atomic E-state index is -0.773. The number of aryl methyl sites for hydroxylation is 1. The summed E-state index contributed by atoms with van der Waals surface area (Å²) in [7, 11) is 0. The molecule has 2 aliphatic rings. The van der Waals surface area contributed by atoms with E-state index in [9.17, 15) is 15.0 Å². The van der Waals surface area contributed by atoms with Gasteiger partial charge in [-0.25, -0.2) is 4.79 Å². The van der Waals surface area contributed by atoms with Crippen LogP contribution in [0.2, 0.25) is 0 Å². The Morgan fingerprint density at radius 1 is 1.10 bits per heavy atom. The van der Waals surface area contributed by atoms with E-state index in [-0.39, 0.29) is 30.0 Å². The van der Waals surface area contributed by atoms with Crippen LogP contribution in [0.3, 0.4) is 0 Å². The van der Waals surface area contributed by atoms with E-state index in [2.05, 4.69) is 0 Å². The van der Waals surface area contributed by atoms with Crippen LogP contribution in [0, 0.1) is 11.8 Å². The fraction of sp³-hybridized carbons (Fsp3) is 0.400. The number of hydrogen-bond acceptors (Lipinski definition) is 5. The average Bonchev–Trinajstić information content (AvgIpc) is 3.27. The van der Waals surface area contributed by atoms with E-state index in [1.165, 1.54) is 5.56 Å². The molecule has 2 fully saturated rings. The van der Waals surface area contributed by atoms with Crippen molar-refractivity contribution in [2.24, 2.45) is 11.8 Å². The van der Waals surface area contributed by atoms with Gasteiger partial charge in [-0.05, 0) is 36.5 Å². The fourth-order valence-electron chi connectivity index (χ4n) is 4.53. The molecule has 0 aromatic heterocycles. The number of rotatable bonds is 7. The van der Waals surface area contributed by atoms with Gasteiger partial charge < -0.3 is 19.7 Å². The summed E-state index contributed by atoms with van der Waals surface area (Å²) in [5.74, 6) is -0.374. The van der Waals surface area contributed by atoms with Crippen LogP contribution in [-0.2, 0) is 15.9 Å². The number of fused-ring (bicyclic) bond motifs is 1. The van der Waals surface area contributed by atoms with E-state index in [1.54, 1.807) is 30.3 Å². The molecule has 5 heteroatoms. The lowest BCUT2D eigenvalue weighted by atomic mass is 9.91. The molecule has 6 atom stereocenters. The van der Waals surface area contributed by atoms with E-state index < -0.39 is 12.4 Å². The maximum atomic E-state index is 12.5. The smallest absolute Gasteiger partial charge is 0.338 e. The summed E-state index contributed by atoms with van der Waals surface area (Å²) < 4.78 is 11.4. The zero-order valence-corrected chi connectivity index (χ0v) is 16.8. The molecule has 1 saturated carbocycles. The second-order valence-electron chi connectivity index (χ2n) is 8.13. The van der Waals surface area contributed by atoms with Gasteiger partial charge in [-0.3, -0.25) is 0 Å². The minimum absolute atomic E-state index is 0.0751. The lowest BCUT2D eigenvalue weighted by Crippen LogP contribution is -2.25. The molecule has 0 amide bonds. The SMILES string of the molecule is O=C(O[C@@H]1C[C@H]2OC(O)C[C@H]2[C@@H]1/C=C/[C@@H](O)CCc1ccccc1)c1ccccc1. The topological polar surface area (TPSA) is 76.0 Å². The first-order valence-corrected chi connectivity index (χ1v) is 10.6. The number of carbonyl (C=O) groups excluding carboxylic acids is 1. The quantitative estimate of drug-likeness (QED) is 0.542. The van der Waals surface area contributed by atoms with Gasteiger partial charge in [0, 0.05) is 18.8 Å². The highest BCUT2D eigenvalue weighted by Gasteiger charge is 2.49. The van der Waals surface area contributed by atoms with Crippen molar-refractivity contribution in [3.8, 4) is 0 Å². The summed E-state index contributed by atoms with van der Waals surface area (Å²) in [5, 5.41) is 20.3. The van der Waals surface area contributed by atoms with Crippen molar-refractivity contribution in [3.63, 3.8) is 0 Å². The third kappa shape index (κ3) is 4.98. The van der Waals surface area contributed by atoms with Gasteiger partial charge >= 0.3 is 5.97 Å². The number of carbonyl (C=O) groups is 1. The Kier molecular flexibility index (Phi) is 6.62. The number of esters is 1. The lowest BCUT2D eigenvalue weighted by Gasteiger charge is -2.21. The van der Waals surface area contributed by atoms with Crippen LogP contribution in [0.1, 0.15) is 35.2 Å². The molecule has 1 unspecified atom stereocenters.